The summed E-state index contributed by atoms with van der Waals surface area (Å²) in [5, 5.41) is 3.29. The Morgan fingerprint density at radius 2 is 2.20 bits per heavy atom. The molecule has 0 spiro atoms. The summed E-state index contributed by atoms with van der Waals surface area (Å²) >= 11 is 0. The Hall–Kier alpha value is -1.08. The summed E-state index contributed by atoms with van der Waals surface area (Å²) < 4.78 is 30.3. The van der Waals surface area contributed by atoms with E-state index in [2.05, 4.69) is 14.9 Å². The Labute approximate surface area is 120 Å². The molecule has 1 aliphatic rings. The van der Waals surface area contributed by atoms with Gasteiger partial charge in [0.2, 0.25) is 5.95 Å². The lowest BCUT2D eigenvalue weighted by Crippen LogP contribution is -2.26. The summed E-state index contributed by atoms with van der Waals surface area (Å²) in [4.78, 5) is 4.31. The van der Waals surface area contributed by atoms with Gasteiger partial charge in [0.15, 0.2) is 0 Å². The third kappa shape index (κ3) is 4.21. The van der Waals surface area contributed by atoms with Gasteiger partial charge in [-0.1, -0.05) is 0 Å². The fourth-order valence-corrected chi connectivity index (χ4v) is 3.89. The van der Waals surface area contributed by atoms with Crippen LogP contribution in [0.5, 0.6) is 0 Å². The lowest BCUT2D eigenvalue weighted by Gasteiger charge is -2.24. The van der Waals surface area contributed by atoms with Crippen LogP contribution in [0.25, 0.3) is 0 Å². The summed E-state index contributed by atoms with van der Waals surface area (Å²) in [6.45, 7) is 4.27. The van der Waals surface area contributed by atoms with Crippen LogP contribution in [0, 0.1) is 0 Å². The van der Waals surface area contributed by atoms with E-state index in [9.17, 15) is 8.42 Å². The molecule has 0 bridgehead atoms. The zero-order valence-corrected chi connectivity index (χ0v) is 12.7. The van der Waals surface area contributed by atoms with E-state index in [4.69, 9.17) is 4.74 Å². The first-order valence-corrected chi connectivity index (χ1v) is 8.99. The molecule has 20 heavy (non-hydrogen) atoms. The maximum atomic E-state index is 11.5. The summed E-state index contributed by atoms with van der Waals surface area (Å²) in [5.41, 5.74) is 0. The van der Waals surface area contributed by atoms with Crippen LogP contribution < -0.4 is 5.32 Å². The molecule has 1 aromatic heterocycles. The molecular formula is C13H23N3O3S. The van der Waals surface area contributed by atoms with Gasteiger partial charge in [0.1, 0.15) is 9.84 Å². The topological polar surface area (TPSA) is 73.2 Å². The molecule has 6 nitrogen and oxygen atoms in total. The van der Waals surface area contributed by atoms with Crippen molar-refractivity contribution in [3.8, 4) is 0 Å². The Morgan fingerprint density at radius 3 is 2.90 bits per heavy atom. The van der Waals surface area contributed by atoms with Gasteiger partial charge in [-0.25, -0.2) is 13.4 Å². The number of hydrogen-bond donors (Lipinski definition) is 1. The van der Waals surface area contributed by atoms with Crippen molar-refractivity contribution in [2.24, 2.45) is 0 Å². The molecule has 0 aromatic carbocycles. The molecule has 1 aliphatic heterocycles. The average Bonchev–Trinajstić information content (AvgIpc) is 2.87. The number of anilines is 1. The van der Waals surface area contributed by atoms with Gasteiger partial charge in [-0.3, -0.25) is 0 Å². The summed E-state index contributed by atoms with van der Waals surface area (Å²) in [6, 6.07) is 0.232. The second-order valence-corrected chi connectivity index (χ2v) is 7.32. The van der Waals surface area contributed by atoms with E-state index in [1.54, 1.807) is 6.20 Å². The van der Waals surface area contributed by atoms with Crippen LogP contribution in [0.4, 0.5) is 5.95 Å². The van der Waals surface area contributed by atoms with Gasteiger partial charge in [0.05, 0.1) is 11.5 Å². The van der Waals surface area contributed by atoms with Crippen molar-refractivity contribution < 1.29 is 13.2 Å². The zero-order chi connectivity index (χ0) is 14.4. The third-order valence-corrected chi connectivity index (χ3v) is 5.25. The molecule has 1 fully saturated rings. The number of aromatic nitrogens is 2. The monoisotopic (exact) mass is 301 g/mol. The Kier molecular flexibility index (Phi) is 5.42. The van der Waals surface area contributed by atoms with Crippen LogP contribution in [0.15, 0.2) is 12.4 Å². The maximum absolute atomic E-state index is 11.5. The smallest absolute Gasteiger partial charge is 0.203 e. The van der Waals surface area contributed by atoms with E-state index in [0.717, 1.165) is 32.1 Å². The maximum Gasteiger partial charge on any atom is 0.203 e. The van der Waals surface area contributed by atoms with E-state index >= 15 is 0 Å². The van der Waals surface area contributed by atoms with Crippen molar-refractivity contribution in [3.05, 3.63) is 12.4 Å². The van der Waals surface area contributed by atoms with Crippen LogP contribution in [-0.2, 0) is 14.6 Å². The minimum Gasteiger partial charge on any atom is -0.382 e. The van der Waals surface area contributed by atoms with Crippen LogP contribution in [0.3, 0.4) is 0 Å². The van der Waals surface area contributed by atoms with Crippen LogP contribution in [0.1, 0.15) is 32.2 Å². The van der Waals surface area contributed by atoms with Crippen molar-refractivity contribution in [3.63, 3.8) is 0 Å². The number of rotatable bonds is 7. The molecular weight excluding hydrogens is 278 g/mol. The van der Waals surface area contributed by atoms with Crippen LogP contribution in [0.2, 0.25) is 0 Å². The molecule has 0 aliphatic carbocycles. The van der Waals surface area contributed by atoms with Crippen LogP contribution >= 0.6 is 0 Å². The van der Waals surface area contributed by atoms with Gasteiger partial charge in [-0.15, -0.1) is 0 Å². The Balaban J connectivity index is 1.85. The molecule has 2 rings (SSSR count). The summed E-state index contributed by atoms with van der Waals surface area (Å²) in [6.07, 6.45) is 5.96. The molecule has 0 atom stereocenters. The molecule has 2 heterocycles. The normalized spacial score (nSPS) is 19.1. The van der Waals surface area contributed by atoms with Gasteiger partial charge >= 0.3 is 0 Å². The first-order chi connectivity index (χ1) is 9.62. The van der Waals surface area contributed by atoms with Crippen molar-refractivity contribution in [1.82, 2.24) is 9.55 Å². The molecule has 0 amide bonds. The van der Waals surface area contributed by atoms with Crippen LogP contribution in [-0.4, -0.2) is 49.2 Å². The SMILES string of the molecule is CCOCCCNc1nccn1C1CCS(=O)(=O)CC1. The molecule has 1 N–H and O–H groups in total. The van der Waals surface area contributed by atoms with E-state index in [1.807, 2.05) is 13.1 Å². The largest absolute Gasteiger partial charge is 0.382 e. The minimum atomic E-state index is -2.82. The molecule has 1 saturated heterocycles. The van der Waals surface area contributed by atoms with Crippen molar-refractivity contribution in [2.75, 3.05) is 36.6 Å². The third-order valence-electron chi connectivity index (χ3n) is 3.54. The van der Waals surface area contributed by atoms with E-state index in [-0.39, 0.29) is 17.5 Å². The molecule has 7 heteroatoms. The van der Waals surface area contributed by atoms with E-state index in [0.29, 0.717) is 12.8 Å². The lowest BCUT2D eigenvalue weighted by atomic mass is 10.1. The predicted molar refractivity (Wildman–Crippen MR) is 78.8 cm³/mol. The zero-order valence-electron chi connectivity index (χ0n) is 11.9. The number of nitrogens with zero attached hydrogens (tertiary/aromatic N) is 2. The van der Waals surface area contributed by atoms with E-state index in [1.165, 1.54) is 0 Å². The highest BCUT2D eigenvalue weighted by atomic mass is 32.2. The van der Waals surface area contributed by atoms with Gasteiger partial charge in [-0.05, 0) is 26.2 Å². The van der Waals surface area contributed by atoms with Crippen molar-refractivity contribution >= 4 is 15.8 Å². The van der Waals surface area contributed by atoms with Gasteiger partial charge in [-0.2, -0.15) is 0 Å². The van der Waals surface area contributed by atoms with Crippen molar-refractivity contribution in [2.45, 2.75) is 32.2 Å². The highest BCUT2D eigenvalue weighted by Gasteiger charge is 2.25. The molecule has 114 valence electrons. The second kappa shape index (κ2) is 7.08. The lowest BCUT2D eigenvalue weighted by molar-refractivity contribution is 0.147. The highest BCUT2D eigenvalue weighted by Crippen LogP contribution is 2.26. The first-order valence-electron chi connectivity index (χ1n) is 7.17. The number of sulfone groups is 1. The average molecular weight is 301 g/mol. The van der Waals surface area contributed by atoms with Gasteiger partial charge < -0.3 is 14.6 Å². The van der Waals surface area contributed by atoms with Gasteiger partial charge in [0.25, 0.3) is 0 Å². The van der Waals surface area contributed by atoms with Crippen molar-refractivity contribution in [1.29, 1.82) is 0 Å². The standard InChI is InChI=1S/C13H23N3O3S/c1-2-19-9-3-6-14-13-15-7-8-16(13)12-4-10-20(17,18)11-5-12/h7-8,12H,2-6,9-11H2,1H3,(H,14,15). The minimum absolute atomic E-state index is 0.232. The Morgan fingerprint density at radius 1 is 1.45 bits per heavy atom. The second-order valence-electron chi connectivity index (χ2n) is 5.02. The summed E-state index contributed by atoms with van der Waals surface area (Å²) in [7, 11) is -2.82. The predicted octanol–water partition coefficient (Wildman–Crippen LogP) is 1.47. The van der Waals surface area contributed by atoms with E-state index < -0.39 is 9.84 Å². The molecule has 0 radical (unpaired) electrons. The number of ether oxygens (including phenoxy) is 1. The fourth-order valence-electron chi connectivity index (χ4n) is 2.42. The molecule has 0 saturated carbocycles. The summed E-state index contributed by atoms with van der Waals surface area (Å²) in [5.74, 6) is 1.38. The number of imidazole rings is 1. The Bertz CT molecular complexity index is 499. The molecule has 0 unspecified atom stereocenters. The quantitative estimate of drug-likeness (QED) is 0.772. The fraction of sp³-hybridized carbons (Fsp3) is 0.769. The van der Waals surface area contributed by atoms with Gasteiger partial charge in [0, 0.05) is 38.2 Å². The first kappa shape index (κ1) is 15.3. The molecule has 1 aromatic rings. The number of hydrogen-bond acceptors (Lipinski definition) is 5. The number of nitrogens with one attached hydrogen (secondary N) is 1. The highest BCUT2D eigenvalue weighted by molar-refractivity contribution is 7.91.